The number of para-hydroxylation sites is 1. The topological polar surface area (TPSA) is 29.1 Å². The largest absolute Gasteiger partial charge is 0.326 e. The number of nitrogens with one attached hydrogen (secondary N) is 1. The zero-order valence-corrected chi connectivity index (χ0v) is 14.3. The van der Waals surface area contributed by atoms with Gasteiger partial charge in [0.05, 0.1) is 6.42 Å². The number of anilines is 1. The second-order valence-electron chi connectivity index (χ2n) is 7.48. The first kappa shape index (κ1) is 15.8. The van der Waals surface area contributed by atoms with Gasteiger partial charge >= 0.3 is 0 Å². The molecule has 0 atom stereocenters. The Morgan fingerprint density at radius 3 is 2.57 bits per heavy atom. The van der Waals surface area contributed by atoms with Crippen molar-refractivity contribution >= 4 is 11.6 Å². The Kier molecular flexibility index (Phi) is 4.25. The van der Waals surface area contributed by atoms with Crippen LogP contribution >= 0.6 is 0 Å². The van der Waals surface area contributed by atoms with Crippen LogP contribution in [-0.4, -0.2) is 5.91 Å². The fraction of sp³-hybridized carbons (Fsp3) is 0.381. The summed E-state index contributed by atoms with van der Waals surface area (Å²) in [6.45, 7) is 6.50. The van der Waals surface area contributed by atoms with Crippen molar-refractivity contribution in [3.05, 3.63) is 64.7 Å². The zero-order valence-electron chi connectivity index (χ0n) is 14.3. The van der Waals surface area contributed by atoms with Crippen LogP contribution in [0, 0.1) is 0 Å². The molecule has 0 unspecified atom stereocenters. The van der Waals surface area contributed by atoms with Crippen molar-refractivity contribution in [2.45, 2.75) is 51.9 Å². The van der Waals surface area contributed by atoms with Gasteiger partial charge in [0.25, 0.3) is 0 Å². The van der Waals surface area contributed by atoms with Crippen LogP contribution < -0.4 is 5.32 Å². The van der Waals surface area contributed by atoms with Gasteiger partial charge in [-0.15, -0.1) is 0 Å². The summed E-state index contributed by atoms with van der Waals surface area (Å²) in [7, 11) is 0. The lowest BCUT2D eigenvalue weighted by Crippen LogP contribution is -2.19. The molecule has 0 saturated heterocycles. The van der Waals surface area contributed by atoms with Gasteiger partial charge in [-0.2, -0.15) is 0 Å². The average molecular weight is 307 g/mol. The summed E-state index contributed by atoms with van der Waals surface area (Å²) in [6.07, 6.45) is 4.01. The summed E-state index contributed by atoms with van der Waals surface area (Å²) in [6, 6.07) is 14.6. The second-order valence-corrected chi connectivity index (χ2v) is 7.48. The number of carbonyl (C=O) groups is 1. The summed E-state index contributed by atoms with van der Waals surface area (Å²) in [5.41, 5.74) is 6.08. The molecule has 1 aliphatic carbocycles. The summed E-state index contributed by atoms with van der Waals surface area (Å²) in [4.78, 5) is 12.5. The van der Waals surface area contributed by atoms with Crippen molar-refractivity contribution in [2.24, 2.45) is 0 Å². The zero-order chi connectivity index (χ0) is 16.4. The van der Waals surface area contributed by atoms with E-state index in [-0.39, 0.29) is 11.3 Å². The minimum Gasteiger partial charge on any atom is -0.326 e. The molecule has 0 saturated carbocycles. The second kappa shape index (κ2) is 6.19. The Labute approximate surface area is 138 Å². The lowest BCUT2D eigenvalue weighted by atomic mass is 9.86. The van der Waals surface area contributed by atoms with E-state index in [1.54, 1.807) is 0 Å². The third-order valence-corrected chi connectivity index (χ3v) is 4.54. The maximum Gasteiger partial charge on any atom is 0.228 e. The first-order valence-electron chi connectivity index (χ1n) is 8.43. The minimum absolute atomic E-state index is 0.0114. The summed E-state index contributed by atoms with van der Waals surface area (Å²) >= 11 is 0. The van der Waals surface area contributed by atoms with E-state index in [1.165, 1.54) is 29.5 Å². The van der Waals surface area contributed by atoms with E-state index in [4.69, 9.17) is 0 Å². The molecule has 0 fully saturated rings. The van der Waals surface area contributed by atoms with Crippen LogP contribution in [0.25, 0.3) is 0 Å². The molecule has 0 heterocycles. The molecule has 2 aromatic rings. The summed E-state index contributed by atoms with van der Waals surface area (Å²) in [5, 5.41) is 3.09. The molecule has 1 aliphatic rings. The molecule has 1 N–H and O–H groups in total. The maximum absolute atomic E-state index is 12.5. The van der Waals surface area contributed by atoms with Crippen molar-refractivity contribution in [1.29, 1.82) is 0 Å². The first-order valence-corrected chi connectivity index (χ1v) is 8.43. The molecule has 0 spiro atoms. The lowest BCUT2D eigenvalue weighted by molar-refractivity contribution is -0.115. The number of hydrogen-bond acceptors (Lipinski definition) is 1. The molecule has 2 heteroatoms. The Hall–Kier alpha value is -2.09. The Morgan fingerprint density at radius 1 is 1.04 bits per heavy atom. The van der Waals surface area contributed by atoms with Gasteiger partial charge in [-0.1, -0.05) is 57.2 Å². The summed E-state index contributed by atoms with van der Waals surface area (Å²) in [5.74, 6) is 0.0552. The predicted octanol–water partition coefficient (Wildman–Crippen LogP) is 4.65. The van der Waals surface area contributed by atoms with Gasteiger partial charge in [-0.3, -0.25) is 4.79 Å². The van der Waals surface area contributed by atoms with Gasteiger partial charge in [0, 0.05) is 5.69 Å². The van der Waals surface area contributed by atoms with Gasteiger partial charge in [-0.25, -0.2) is 0 Å². The number of rotatable bonds is 3. The highest BCUT2D eigenvalue weighted by molar-refractivity contribution is 5.93. The molecule has 120 valence electrons. The van der Waals surface area contributed by atoms with E-state index in [1.807, 2.05) is 18.2 Å². The molecule has 0 radical (unpaired) electrons. The molecule has 0 aliphatic heterocycles. The monoisotopic (exact) mass is 307 g/mol. The Bertz CT molecular complexity index is 725. The summed E-state index contributed by atoms with van der Waals surface area (Å²) < 4.78 is 0. The Morgan fingerprint density at radius 2 is 1.78 bits per heavy atom. The lowest BCUT2D eigenvalue weighted by Gasteiger charge is -2.23. The van der Waals surface area contributed by atoms with Crippen molar-refractivity contribution in [2.75, 3.05) is 5.32 Å². The molecular formula is C21H25NO. The van der Waals surface area contributed by atoms with Gasteiger partial charge in [0.15, 0.2) is 0 Å². The van der Waals surface area contributed by atoms with Crippen molar-refractivity contribution in [3.63, 3.8) is 0 Å². The highest BCUT2D eigenvalue weighted by Crippen LogP contribution is 2.29. The van der Waals surface area contributed by atoms with Crippen LogP contribution in [0.4, 0.5) is 5.69 Å². The highest BCUT2D eigenvalue weighted by Gasteiger charge is 2.19. The number of aryl methyl sites for hydroxylation is 2. The smallest absolute Gasteiger partial charge is 0.228 e. The molecule has 0 bridgehead atoms. The SMILES string of the molecule is CC(C)(C)c1ccccc1NC(=O)Cc1ccc2c(c1)CCC2. The average Bonchev–Trinajstić information content (AvgIpc) is 2.94. The van der Waals surface area contributed by atoms with Crippen LogP contribution in [0.5, 0.6) is 0 Å². The van der Waals surface area contributed by atoms with Crippen LogP contribution in [0.15, 0.2) is 42.5 Å². The van der Waals surface area contributed by atoms with Crippen LogP contribution in [-0.2, 0) is 29.5 Å². The quantitative estimate of drug-likeness (QED) is 0.878. The van der Waals surface area contributed by atoms with E-state index in [9.17, 15) is 4.79 Å². The number of amides is 1. The molecule has 2 aromatic carbocycles. The van der Waals surface area contributed by atoms with Crippen LogP contribution in [0.1, 0.15) is 49.4 Å². The van der Waals surface area contributed by atoms with E-state index in [0.717, 1.165) is 17.7 Å². The van der Waals surface area contributed by atoms with Crippen molar-refractivity contribution in [3.8, 4) is 0 Å². The molecular weight excluding hydrogens is 282 g/mol. The maximum atomic E-state index is 12.5. The number of fused-ring (bicyclic) bond motifs is 1. The minimum atomic E-state index is 0.0114. The predicted molar refractivity (Wildman–Crippen MR) is 95.9 cm³/mol. The molecule has 1 amide bonds. The van der Waals surface area contributed by atoms with E-state index < -0.39 is 0 Å². The third-order valence-electron chi connectivity index (χ3n) is 4.54. The van der Waals surface area contributed by atoms with Gasteiger partial charge < -0.3 is 5.32 Å². The molecule has 2 nitrogen and oxygen atoms in total. The van der Waals surface area contributed by atoms with E-state index in [0.29, 0.717) is 6.42 Å². The normalized spacial score (nSPS) is 13.7. The molecule has 3 rings (SSSR count). The van der Waals surface area contributed by atoms with Gasteiger partial charge in [-0.05, 0) is 53.0 Å². The molecule has 0 aromatic heterocycles. The van der Waals surface area contributed by atoms with Crippen molar-refractivity contribution < 1.29 is 4.79 Å². The Balaban J connectivity index is 1.73. The van der Waals surface area contributed by atoms with E-state index in [2.05, 4.69) is 50.4 Å². The van der Waals surface area contributed by atoms with Crippen molar-refractivity contribution in [1.82, 2.24) is 0 Å². The van der Waals surface area contributed by atoms with Crippen LogP contribution in [0.2, 0.25) is 0 Å². The van der Waals surface area contributed by atoms with Gasteiger partial charge in [0.2, 0.25) is 5.91 Å². The van der Waals surface area contributed by atoms with E-state index >= 15 is 0 Å². The molecule has 23 heavy (non-hydrogen) atoms. The highest BCUT2D eigenvalue weighted by atomic mass is 16.1. The first-order chi connectivity index (χ1) is 10.9. The third kappa shape index (κ3) is 3.64. The number of hydrogen-bond donors (Lipinski definition) is 1. The van der Waals surface area contributed by atoms with Gasteiger partial charge in [0.1, 0.15) is 0 Å². The number of carbonyl (C=O) groups excluding carboxylic acids is 1. The fourth-order valence-corrected chi connectivity index (χ4v) is 3.36. The fourth-order valence-electron chi connectivity index (χ4n) is 3.36. The standard InChI is InChI=1S/C21H25NO/c1-21(2,3)18-9-4-5-10-19(18)22-20(23)14-15-11-12-16-7-6-8-17(16)13-15/h4-5,9-13H,6-8,14H2,1-3H3,(H,22,23). The number of benzene rings is 2. The van der Waals surface area contributed by atoms with Crippen LogP contribution in [0.3, 0.4) is 0 Å².